The van der Waals surface area contributed by atoms with Gasteiger partial charge < -0.3 is 25.1 Å². The van der Waals surface area contributed by atoms with Gasteiger partial charge in [-0.2, -0.15) is 5.10 Å². The van der Waals surface area contributed by atoms with Crippen molar-refractivity contribution in [3.8, 4) is 22.4 Å². The van der Waals surface area contributed by atoms with Crippen LogP contribution in [0.5, 0.6) is 0 Å². The third-order valence-corrected chi connectivity index (χ3v) is 13.4. The number of aromatic carboxylic acids is 1. The summed E-state index contributed by atoms with van der Waals surface area (Å²) in [5, 5.41) is 30.9. The van der Waals surface area contributed by atoms with E-state index in [1.807, 2.05) is 93.0 Å². The van der Waals surface area contributed by atoms with Crippen LogP contribution in [-0.4, -0.2) is 97.7 Å². The van der Waals surface area contributed by atoms with Gasteiger partial charge in [-0.25, -0.2) is 13.2 Å². The number of sulfonamides is 1. The molecule has 0 spiro atoms. The Morgan fingerprint density at radius 3 is 2.21 bits per heavy atom. The Morgan fingerprint density at radius 2 is 1.56 bits per heavy atom. The highest BCUT2D eigenvalue weighted by molar-refractivity contribution is 7.99. The average molecular weight is 896 g/mol. The minimum atomic E-state index is -4.16. The zero-order valence-electron chi connectivity index (χ0n) is 34.4. The van der Waals surface area contributed by atoms with Gasteiger partial charge in [0, 0.05) is 89.2 Å². The minimum absolute atomic E-state index is 0.0866. The van der Waals surface area contributed by atoms with Crippen LogP contribution in [0, 0.1) is 10.1 Å². The molecule has 0 radical (unpaired) electrons. The minimum Gasteiger partial charge on any atom is -0.477 e. The molecular formula is C45H47ClN8O6S2. The molecule has 2 heterocycles. The van der Waals surface area contributed by atoms with Gasteiger partial charge in [-0.15, -0.1) is 11.8 Å². The summed E-state index contributed by atoms with van der Waals surface area (Å²) in [7, 11) is 1.40. The number of thioether (sulfide) groups is 1. The van der Waals surface area contributed by atoms with Crippen LogP contribution in [0.25, 0.3) is 22.4 Å². The summed E-state index contributed by atoms with van der Waals surface area (Å²) in [6, 6.07) is 35.8. The third kappa shape index (κ3) is 10.5. The van der Waals surface area contributed by atoms with Gasteiger partial charge in [0.2, 0.25) is 0 Å². The number of nitro benzene ring substituents is 1. The van der Waals surface area contributed by atoms with Crippen LogP contribution < -0.4 is 19.8 Å². The molecule has 1 saturated heterocycles. The first-order valence-electron chi connectivity index (χ1n) is 19.9. The summed E-state index contributed by atoms with van der Waals surface area (Å²) in [5.41, 5.74) is 4.78. The van der Waals surface area contributed by atoms with Crippen molar-refractivity contribution in [1.29, 1.82) is 0 Å². The summed E-state index contributed by atoms with van der Waals surface area (Å²) >= 11 is 7.78. The second-order valence-corrected chi connectivity index (χ2v) is 18.4. The average Bonchev–Trinajstić information content (AvgIpc) is 3.62. The molecule has 3 N–H and O–H groups in total. The summed E-state index contributed by atoms with van der Waals surface area (Å²) in [5.74, 6) is -0.416. The highest BCUT2D eigenvalue weighted by atomic mass is 35.5. The zero-order valence-corrected chi connectivity index (χ0v) is 36.8. The van der Waals surface area contributed by atoms with Gasteiger partial charge in [-0.1, -0.05) is 54.1 Å². The second kappa shape index (κ2) is 19.3. The summed E-state index contributed by atoms with van der Waals surface area (Å²) in [6.07, 6.45) is 0.724. The number of carboxylic acids is 1. The Balaban J connectivity index is 1.00. The Hall–Kier alpha value is -6.07. The van der Waals surface area contributed by atoms with E-state index in [1.165, 1.54) is 16.8 Å². The van der Waals surface area contributed by atoms with Crippen molar-refractivity contribution >= 4 is 67.8 Å². The largest absolute Gasteiger partial charge is 0.477 e. The first-order chi connectivity index (χ1) is 29.8. The Morgan fingerprint density at radius 1 is 0.887 bits per heavy atom. The Labute approximate surface area is 370 Å². The van der Waals surface area contributed by atoms with Crippen molar-refractivity contribution in [3.05, 3.63) is 142 Å². The maximum atomic E-state index is 13.6. The maximum absolute atomic E-state index is 13.6. The number of halogens is 1. The topological polar surface area (TPSA) is 166 Å². The van der Waals surface area contributed by atoms with E-state index in [4.69, 9.17) is 11.6 Å². The molecule has 1 atom stereocenters. The number of piperazine rings is 1. The van der Waals surface area contributed by atoms with Gasteiger partial charge in [0.25, 0.3) is 15.7 Å². The molecule has 14 nitrogen and oxygen atoms in total. The van der Waals surface area contributed by atoms with E-state index < -0.39 is 20.9 Å². The van der Waals surface area contributed by atoms with Crippen LogP contribution in [0.2, 0.25) is 5.02 Å². The molecule has 1 aromatic heterocycles. The number of aromatic nitrogens is 2. The third-order valence-electron chi connectivity index (χ3n) is 10.6. The number of aryl methyl sites for hydroxylation is 1. The fraction of sp³-hybridized carbons (Fsp3) is 0.244. The van der Waals surface area contributed by atoms with Crippen molar-refractivity contribution in [2.45, 2.75) is 22.3 Å². The number of hydrogen-bond acceptors (Lipinski definition) is 11. The zero-order chi connectivity index (χ0) is 44.0. The highest BCUT2D eigenvalue weighted by Crippen LogP contribution is 2.37. The number of anilines is 4. The van der Waals surface area contributed by atoms with Gasteiger partial charge in [0.1, 0.15) is 11.4 Å². The Kier molecular flexibility index (Phi) is 13.7. The molecule has 1 fully saturated rings. The predicted molar refractivity (Wildman–Crippen MR) is 249 cm³/mol. The smallest absolute Gasteiger partial charge is 0.354 e. The SMILES string of the molecule is CN(C)CC[C@H](CSc1ccccc1)Nc1ccc(S(=O)(=O)Nc2ccc(N3CCN(c4cccc(-c5c(-c6ccc(Cl)cc6)nn(C)c5C(=O)O)c4)CC3)cc2)cc1[N+](=O)[O-]. The molecule has 17 heteroatoms. The van der Waals surface area contributed by atoms with Crippen molar-refractivity contribution in [3.63, 3.8) is 0 Å². The predicted octanol–water partition coefficient (Wildman–Crippen LogP) is 8.67. The fourth-order valence-corrected chi connectivity index (χ4v) is 9.58. The molecule has 1 aliphatic heterocycles. The van der Waals surface area contributed by atoms with Crippen LogP contribution in [0.3, 0.4) is 0 Å². The number of benzene rings is 5. The maximum Gasteiger partial charge on any atom is 0.354 e. The molecule has 0 aliphatic carbocycles. The molecular weight excluding hydrogens is 848 g/mol. The van der Waals surface area contributed by atoms with E-state index in [1.54, 1.807) is 43.1 Å². The van der Waals surface area contributed by atoms with Crippen LogP contribution in [0.1, 0.15) is 16.9 Å². The molecule has 322 valence electrons. The van der Waals surface area contributed by atoms with E-state index in [-0.39, 0.29) is 28.0 Å². The van der Waals surface area contributed by atoms with Crippen LogP contribution in [0.4, 0.5) is 28.4 Å². The number of carboxylic acid groups (broad SMARTS) is 1. The first kappa shape index (κ1) is 44.0. The fourth-order valence-electron chi connectivity index (χ4n) is 7.38. The lowest BCUT2D eigenvalue weighted by Gasteiger charge is -2.37. The van der Waals surface area contributed by atoms with Crippen molar-refractivity contribution in [1.82, 2.24) is 14.7 Å². The standard InChI is InChI=1S/C45H47ClN8O6S2/c1-50(2)23-22-35(30-61-38-10-5-4-6-11-38)47-40-21-20-39(29-41(40)54(57)58)62(59,60)49-34-16-18-36(19-17-34)52-24-26-53(27-25-52)37-9-7-8-32(28-37)42-43(31-12-14-33(46)15-13-31)48-51(3)44(42)45(55)56/h4-21,28-29,35,47,49H,22-27,30H2,1-3H3,(H,55,56)/t35-/m1/s1. The normalized spacial score (nSPS) is 13.6. The monoisotopic (exact) mass is 894 g/mol. The number of rotatable bonds is 17. The highest BCUT2D eigenvalue weighted by Gasteiger charge is 2.27. The summed E-state index contributed by atoms with van der Waals surface area (Å²) < 4.78 is 31.1. The van der Waals surface area contributed by atoms with E-state index in [9.17, 15) is 28.4 Å². The summed E-state index contributed by atoms with van der Waals surface area (Å²) in [6.45, 7) is 3.51. The number of nitro groups is 1. The molecule has 6 aromatic rings. The molecule has 1 aliphatic rings. The molecule has 0 saturated carbocycles. The van der Waals surface area contributed by atoms with Crippen LogP contribution in [0.15, 0.2) is 131 Å². The lowest BCUT2D eigenvalue weighted by Crippen LogP contribution is -2.46. The van der Waals surface area contributed by atoms with Gasteiger partial charge in [-0.3, -0.25) is 19.5 Å². The van der Waals surface area contributed by atoms with E-state index in [0.717, 1.165) is 46.4 Å². The first-order valence-corrected chi connectivity index (χ1v) is 22.8. The summed E-state index contributed by atoms with van der Waals surface area (Å²) in [4.78, 5) is 31.5. The van der Waals surface area contributed by atoms with Crippen molar-refractivity contribution in [2.75, 3.05) is 72.4 Å². The van der Waals surface area contributed by atoms with Crippen molar-refractivity contribution in [2.24, 2.45) is 7.05 Å². The molecule has 0 unspecified atom stereocenters. The number of carbonyl (C=O) groups is 1. The molecule has 5 aromatic carbocycles. The van der Waals surface area contributed by atoms with Crippen molar-refractivity contribution < 1.29 is 23.2 Å². The quantitative estimate of drug-likeness (QED) is 0.0454. The molecule has 0 amide bonds. The van der Waals surface area contributed by atoms with E-state index in [2.05, 4.69) is 29.8 Å². The number of nitrogens with zero attached hydrogens (tertiary/aromatic N) is 6. The Bertz CT molecular complexity index is 2640. The van der Waals surface area contributed by atoms with Gasteiger partial charge in [0.15, 0.2) is 5.69 Å². The van der Waals surface area contributed by atoms with Crippen LogP contribution in [-0.2, 0) is 17.1 Å². The van der Waals surface area contributed by atoms with Gasteiger partial charge in [0.05, 0.1) is 9.82 Å². The number of hydrogen-bond donors (Lipinski definition) is 3. The second-order valence-electron chi connectivity index (χ2n) is 15.2. The number of nitrogens with one attached hydrogen (secondary N) is 2. The molecule has 62 heavy (non-hydrogen) atoms. The van der Waals surface area contributed by atoms with Crippen LogP contribution >= 0.6 is 23.4 Å². The van der Waals surface area contributed by atoms with E-state index in [0.29, 0.717) is 53.9 Å². The van der Waals surface area contributed by atoms with E-state index >= 15 is 0 Å². The van der Waals surface area contributed by atoms with Gasteiger partial charge >= 0.3 is 5.97 Å². The molecule has 0 bridgehead atoms. The molecule has 7 rings (SSSR count). The van der Waals surface area contributed by atoms with Gasteiger partial charge in [-0.05, 0) is 105 Å². The lowest BCUT2D eigenvalue weighted by molar-refractivity contribution is -0.384. The lowest BCUT2D eigenvalue weighted by atomic mass is 9.98.